The van der Waals surface area contributed by atoms with Crippen LogP contribution in [0.5, 0.6) is 0 Å². The fraction of sp³-hybridized carbons (Fsp3) is 0.385. The molecule has 1 fully saturated rings. The van der Waals surface area contributed by atoms with Crippen LogP contribution >= 0.6 is 11.6 Å². The lowest BCUT2D eigenvalue weighted by Crippen LogP contribution is -2.22. The second kappa shape index (κ2) is 5.57. The quantitative estimate of drug-likeness (QED) is 0.897. The molecule has 2 atom stereocenters. The monoisotopic (exact) mass is 285 g/mol. The molecule has 1 aromatic carbocycles. The average Bonchev–Trinajstić information content (AvgIpc) is 2.84. The lowest BCUT2D eigenvalue weighted by molar-refractivity contribution is -0.141. The Morgan fingerprint density at radius 2 is 2.00 bits per heavy atom. The van der Waals surface area contributed by atoms with Crippen molar-refractivity contribution in [3.63, 3.8) is 0 Å². The fourth-order valence-electron chi connectivity index (χ4n) is 2.28. The number of amides is 1. The molecule has 0 bridgehead atoms. The smallest absolute Gasteiger partial charge is 0.306 e. The molecule has 0 radical (unpaired) electrons. The number of benzene rings is 1. The van der Waals surface area contributed by atoms with Crippen LogP contribution in [0.15, 0.2) is 18.2 Å². The van der Waals surface area contributed by atoms with Gasteiger partial charge in [-0.05, 0) is 31.4 Å². The number of carbonyl (C=O) groups is 2. The summed E-state index contributed by atoms with van der Waals surface area (Å²) in [6.45, 7) is 0. The van der Waals surface area contributed by atoms with E-state index >= 15 is 0 Å². The van der Waals surface area contributed by atoms with Crippen LogP contribution in [-0.4, -0.2) is 17.0 Å². The molecule has 6 heteroatoms. The molecule has 4 nitrogen and oxygen atoms in total. The molecule has 19 heavy (non-hydrogen) atoms. The summed E-state index contributed by atoms with van der Waals surface area (Å²) in [4.78, 5) is 22.8. The van der Waals surface area contributed by atoms with E-state index in [2.05, 4.69) is 5.32 Å². The molecule has 1 saturated carbocycles. The minimum absolute atomic E-state index is 0.0243. The Kier molecular flexibility index (Phi) is 4.04. The van der Waals surface area contributed by atoms with Crippen LogP contribution in [-0.2, 0) is 9.59 Å². The maximum Gasteiger partial charge on any atom is 0.306 e. The van der Waals surface area contributed by atoms with Gasteiger partial charge in [-0.25, -0.2) is 4.39 Å². The van der Waals surface area contributed by atoms with Gasteiger partial charge in [0.1, 0.15) is 0 Å². The third-order valence-corrected chi connectivity index (χ3v) is 3.65. The highest BCUT2D eigenvalue weighted by Gasteiger charge is 2.34. The van der Waals surface area contributed by atoms with E-state index in [9.17, 15) is 14.0 Å². The Morgan fingerprint density at radius 3 is 2.63 bits per heavy atom. The zero-order valence-corrected chi connectivity index (χ0v) is 10.8. The first-order chi connectivity index (χ1) is 8.99. The van der Waals surface area contributed by atoms with E-state index in [1.165, 1.54) is 18.2 Å². The van der Waals surface area contributed by atoms with Gasteiger partial charge in [0.25, 0.3) is 0 Å². The van der Waals surface area contributed by atoms with Gasteiger partial charge in [-0.1, -0.05) is 17.7 Å². The molecule has 2 unspecified atom stereocenters. The van der Waals surface area contributed by atoms with Crippen molar-refractivity contribution >= 4 is 29.2 Å². The Bertz CT molecular complexity index is 521. The molecule has 2 rings (SSSR count). The number of carbonyl (C=O) groups excluding carboxylic acids is 1. The van der Waals surface area contributed by atoms with Gasteiger partial charge in [-0.15, -0.1) is 0 Å². The van der Waals surface area contributed by atoms with E-state index in [1.807, 2.05) is 0 Å². The van der Waals surface area contributed by atoms with E-state index in [0.29, 0.717) is 19.3 Å². The van der Waals surface area contributed by atoms with Crippen molar-refractivity contribution < 1.29 is 19.1 Å². The van der Waals surface area contributed by atoms with Gasteiger partial charge in [-0.2, -0.15) is 0 Å². The van der Waals surface area contributed by atoms with Crippen LogP contribution in [0.3, 0.4) is 0 Å². The zero-order chi connectivity index (χ0) is 14.0. The molecule has 0 aliphatic heterocycles. The standard InChI is InChI=1S/C13H13ClFNO3/c14-9-2-1-3-10(11(9)15)16-12(17)7-4-5-8(6-7)13(18)19/h1-3,7-8H,4-6H2,(H,16,17)(H,18,19). The Hall–Kier alpha value is -1.62. The zero-order valence-electron chi connectivity index (χ0n) is 10.0. The largest absolute Gasteiger partial charge is 0.481 e. The van der Waals surface area contributed by atoms with E-state index < -0.39 is 17.7 Å². The molecule has 0 spiro atoms. The summed E-state index contributed by atoms with van der Waals surface area (Å²) < 4.78 is 13.6. The van der Waals surface area contributed by atoms with Gasteiger partial charge in [0.05, 0.1) is 16.6 Å². The number of carboxylic acids is 1. The summed E-state index contributed by atoms with van der Waals surface area (Å²) in [5.41, 5.74) is 0.0243. The molecule has 1 aromatic rings. The number of rotatable bonds is 3. The molecule has 0 heterocycles. The highest BCUT2D eigenvalue weighted by Crippen LogP contribution is 2.32. The topological polar surface area (TPSA) is 66.4 Å². The molecule has 0 saturated heterocycles. The maximum absolute atomic E-state index is 13.6. The lowest BCUT2D eigenvalue weighted by atomic mass is 10.0. The highest BCUT2D eigenvalue weighted by molar-refractivity contribution is 6.31. The SMILES string of the molecule is O=C(O)C1CCC(C(=O)Nc2cccc(Cl)c2F)C1. The Balaban J connectivity index is 2.02. The van der Waals surface area contributed by atoms with Gasteiger partial charge in [0, 0.05) is 5.92 Å². The predicted octanol–water partition coefficient (Wildman–Crippen LogP) is 2.92. The first kappa shape index (κ1) is 13.8. The van der Waals surface area contributed by atoms with Crippen LogP contribution in [0, 0.1) is 17.7 Å². The number of halogens is 2. The normalized spacial score (nSPS) is 22.2. The van der Waals surface area contributed by atoms with Crippen molar-refractivity contribution in [3.05, 3.63) is 29.0 Å². The molecular weight excluding hydrogens is 273 g/mol. The van der Waals surface area contributed by atoms with Crippen molar-refractivity contribution in [2.45, 2.75) is 19.3 Å². The van der Waals surface area contributed by atoms with Crippen LogP contribution in [0.25, 0.3) is 0 Å². The first-order valence-electron chi connectivity index (χ1n) is 5.96. The second-order valence-electron chi connectivity index (χ2n) is 4.64. The molecular formula is C13H13ClFNO3. The summed E-state index contributed by atoms with van der Waals surface area (Å²) in [7, 11) is 0. The minimum atomic E-state index is -0.885. The van der Waals surface area contributed by atoms with Crippen LogP contribution in [0.4, 0.5) is 10.1 Å². The van der Waals surface area contributed by atoms with Crippen molar-refractivity contribution in [1.82, 2.24) is 0 Å². The number of carboxylic acid groups (broad SMARTS) is 1. The highest BCUT2D eigenvalue weighted by atomic mass is 35.5. The van der Waals surface area contributed by atoms with Crippen LogP contribution in [0.2, 0.25) is 5.02 Å². The van der Waals surface area contributed by atoms with Gasteiger partial charge in [-0.3, -0.25) is 9.59 Å². The van der Waals surface area contributed by atoms with E-state index in [-0.39, 0.29) is 22.5 Å². The minimum Gasteiger partial charge on any atom is -0.481 e. The fourth-order valence-corrected chi connectivity index (χ4v) is 2.45. The molecule has 102 valence electrons. The van der Waals surface area contributed by atoms with E-state index in [4.69, 9.17) is 16.7 Å². The Morgan fingerprint density at radius 1 is 1.32 bits per heavy atom. The van der Waals surface area contributed by atoms with Crippen molar-refractivity contribution in [3.8, 4) is 0 Å². The van der Waals surface area contributed by atoms with Gasteiger partial charge in [0.2, 0.25) is 5.91 Å². The maximum atomic E-state index is 13.6. The predicted molar refractivity (Wildman–Crippen MR) is 68.5 cm³/mol. The molecule has 1 amide bonds. The summed E-state index contributed by atoms with van der Waals surface area (Å²) in [6, 6.07) is 4.35. The van der Waals surface area contributed by atoms with E-state index in [0.717, 1.165) is 0 Å². The van der Waals surface area contributed by atoms with Crippen molar-refractivity contribution in [2.24, 2.45) is 11.8 Å². The van der Waals surface area contributed by atoms with Crippen molar-refractivity contribution in [1.29, 1.82) is 0 Å². The summed E-state index contributed by atoms with van der Waals surface area (Å²) in [6.07, 6.45) is 1.28. The molecule has 2 N–H and O–H groups in total. The van der Waals surface area contributed by atoms with E-state index in [1.54, 1.807) is 0 Å². The summed E-state index contributed by atoms with van der Waals surface area (Å²) in [5, 5.41) is 11.3. The summed E-state index contributed by atoms with van der Waals surface area (Å²) in [5.74, 6) is -2.79. The van der Waals surface area contributed by atoms with Crippen LogP contribution < -0.4 is 5.32 Å². The van der Waals surface area contributed by atoms with Gasteiger partial charge >= 0.3 is 5.97 Å². The second-order valence-corrected chi connectivity index (χ2v) is 5.04. The number of hydrogen-bond donors (Lipinski definition) is 2. The third kappa shape index (κ3) is 3.04. The summed E-state index contributed by atoms with van der Waals surface area (Å²) >= 11 is 5.62. The first-order valence-corrected chi connectivity index (χ1v) is 6.34. The number of aliphatic carboxylic acids is 1. The number of hydrogen-bond acceptors (Lipinski definition) is 2. The average molecular weight is 286 g/mol. The van der Waals surface area contributed by atoms with Gasteiger partial charge < -0.3 is 10.4 Å². The third-order valence-electron chi connectivity index (χ3n) is 3.36. The Labute approximate surface area is 114 Å². The molecule has 1 aliphatic carbocycles. The van der Waals surface area contributed by atoms with Gasteiger partial charge in [0.15, 0.2) is 5.82 Å². The number of nitrogens with one attached hydrogen (secondary N) is 1. The lowest BCUT2D eigenvalue weighted by Gasteiger charge is -2.11. The van der Waals surface area contributed by atoms with Crippen LogP contribution in [0.1, 0.15) is 19.3 Å². The van der Waals surface area contributed by atoms with Crippen molar-refractivity contribution in [2.75, 3.05) is 5.32 Å². The molecule has 0 aromatic heterocycles. The molecule has 1 aliphatic rings. The number of anilines is 1.